The van der Waals surface area contributed by atoms with Gasteiger partial charge in [0.25, 0.3) is 0 Å². The fourth-order valence-corrected chi connectivity index (χ4v) is 4.09. The summed E-state index contributed by atoms with van der Waals surface area (Å²) in [6.45, 7) is 4.23. The molecule has 31 heavy (non-hydrogen) atoms. The molecule has 170 valence electrons. The molecule has 7 heteroatoms. The van der Waals surface area contributed by atoms with E-state index in [2.05, 4.69) is 33.0 Å². The van der Waals surface area contributed by atoms with Crippen molar-refractivity contribution < 1.29 is 4.74 Å². The molecule has 1 aliphatic rings. The average molecular weight is 427 g/mol. The van der Waals surface area contributed by atoms with Gasteiger partial charge in [0.15, 0.2) is 11.8 Å². The molecule has 1 fully saturated rings. The van der Waals surface area contributed by atoms with Crippen LogP contribution in [-0.4, -0.2) is 40.9 Å². The molecule has 1 heterocycles. The molecule has 1 aromatic heterocycles. The number of benzene rings is 1. The Bertz CT molecular complexity index is 808. The molecule has 0 aliphatic heterocycles. The molecule has 2 N–H and O–H groups in total. The maximum absolute atomic E-state index is 5.24. The first-order valence-electron chi connectivity index (χ1n) is 11.7. The SMILES string of the molecule is COc1ccc(CCNC(=NCc2nnc(C)n2C)NCCCCC2CCCC2)cc1. The van der Waals surface area contributed by atoms with Gasteiger partial charge in [-0.25, -0.2) is 4.99 Å². The quantitative estimate of drug-likeness (QED) is 0.325. The number of aromatic nitrogens is 3. The van der Waals surface area contributed by atoms with Crippen LogP contribution in [0.2, 0.25) is 0 Å². The molecule has 0 bridgehead atoms. The first-order chi connectivity index (χ1) is 15.2. The van der Waals surface area contributed by atoms with E-state index >= 15 is 0 Å². The summed E-state index contributed by atoms with van der Waals surface area (Å²) in [6.07, 6.45) is 10.5. The van der Waals surface area contributed by atoms with Crippen LogP contribution in [0.15, 0.2) is 29.3 Å². The number of unbranched alkanes of at least 4 members (excludes halogenated alkanes) is 1. The third kappa shape index (κ3) is 7.56. The molecular weight excluding hydrogens is 388 g/mol. The van der Waals surface area contributed by atoms with Crippen molar-refractivity contribution in [3.05, 3.63) is 41.5 Å². The Kier molecular flexibility index (Phi) is 9.18. The van der Waals surface area contributed by atoms with E-state index in [9.17, 15) is 0 Å². The topological polar surface area (TPSA) is 76.4 Å². The molecule has 1 aromatic carbocycles. The first-order valence-corrected chi connectivity index (χ1v) is 11.7. The summed E-state index contributed by atoms with van der Waals surface area (Å²) in [5.74, 6) is 4.47. The van der Waals surface area contributed by atoms with Crippen molar-refractivity contribution in [1.82, 2.24) is 25.4 Å². The second kappa shape index (κ2) is 12.3. The first kappa shape index (κ1) is 23.1. The van der Waals surface area contributed by atoms with Gasteiger partial charge in [0.05, 0.1) is 7.11 Å². The highest BCUT2D eigenvalue weighted by atomic mass is 16.5. The van der Waals surface area contributed by atoms with Crippen LogP contribution in [0.3, 0.4) is 0 Å². The summed E-state index contributed by atoms with van der Waals surface area (Å²) >= 11 is 0. The van der Waals surface area contributed by atoms with Crippen molar-refractivity contribution in [2.45, 2.75) is 64.8 Å². The van der Waals surface area contributed by atoms with Crippen LogP contribution in [0.5, 0.6) is 5.75 Å². The van der Waals surface area contributed by atoms with Crippen LogP contribution in [-0.2, 0) is 20.0 Å². The van der Waals surface area contributed by atoms with Gasteiger partial charge in [-0.15, -0.1) is 10.2 Å². The highest BCUT2D eigenvalue weighted by Gasteiger charge is 2.14. The van der Waals surface area contributed by atoms with Gasteiger partial charge in [-0.05, 0) is 43.4 Å². The van der Waals surface area contributed by atoms with Crippen molar-refractivity contribution in [3.8, 4) is 5.75 Å². The van der Waals surface area contributed by atoms with Crippen molar-refractivity contribution in [2.75, 3.05) is 20.2 Å². The lowest BCUT2D eigenvalue weighted by atomic mass is 10.0. The number of hydrogen-bond acceptors (Lipinski definition) is 4. The number of methoxy groups -OCH3 is 1. The lowest BCUT2D eigenvalue weighted by Crippen LogP contribution is -2.39. The van der Waals surface area contributed by atoms with E-state index in [1.807, 2.05) is 30.7 Å². The van der Waals surface area contributed by atoms with Gasteiger partial charge < -0.3 is 19.9 Å². The van der Waals surface area contributed by atoms with Crippen LogP contribution in [0, 0.1) is 12.8 Å². The van der Waals surface area contributed by atoms with Crippen LogP contribution in [0.4, 0.5) is 0 Å². The molecule has 0 radical (unpaired) electrons. The van der Waals surface area contributed by atoms with Crippen molar-refractivity contribution in [3.63, 3.8) is 0 Å². The zero-order chi connectivity index (χ0) is 21.9. The van der Waals surface area contributed by atoms with Gasteiger partial charge in [-0.1, -0.05) is 50.7 Å². The number of nitrogens with one attached hydrogen (secondary N) is 2. The average Bonchev–Trinajstić information content (AvgIpc) is 3.42. The normalized spacial score (nSPS) is 14.7. The standard InChI is InChI=1S/C24H38N6O/c1-19-28-29-23(30(19)2)18-27-24(25-16-7-6-10-20-8-4-5-9-20)26-17-15-21-11-13-22(31-3)14-12-21/h11-14,20H,4-10,15-18H2,1-3H3,(H2,25,26,27). The minimum atomic E-state index is 0.511. The Labute approximate surface area is 186 Å². The monoisotopic (exact) mass is 426 g/mol. The molecule has 7 nitrogen and oxygen atoms in total. The molecule has 1 aliphatic carbocycles. The molecule has 3 rings (SSSR count). The lowest BCUT2D eigenvalue weighted by Gasteiger charge is -2.14. The number of ether oxygens (including phenoxy) is 1. The van der Waals surface area contributed by atoms with Gasteiger partial charge in [0, 0.05) is 20.1 Å². The molecule has 1 saturated carbocycles. The van der Waals surface area contributed by atoms with Crippen molar-refractivity contribution >= 4 is 5.96 Å². The molecule has 0 spiro atoms. The predicted molar refractivity (Wildman–Crippen MR) is 125 cm³/mol. The molecular formula is C24H38N6O. The number of aliphatic imine (C=N–C) groups is 1. The Morgan fingerprint density at radius 2 is 1.84 bits per heavy atom. The summed E-state index contributed by atoms with van der Waals surface area (Å²) in [5, 5.41) is 15.3. The molecule has 0 atom stereocenters. The minimum absolute atomic E-state index is 0.511. The van der Waals surface area contributed by atoms with Gasteiger partial charge in [0.2, 0.25) is 0 Å². The highest BCUT2D eigenvalue weighted by Crippen LogP contribution is 2.28. The van der Waals surface area contributed by atoms with Crippen LogP contribution < -0.4 is 15.4 Å². The van der Waals surface area contributed by atoms with Crippen LogP contribution in [0.25, 0.3) is 0 Å². The Balaban J connectivity index is 1.47. The van der Waals surface area contributed by atoms with E-state index in [0.717, 1.165) is 48.8 Å². The van der Waals surface area contributed by atoms with Crippen molar-refractivity contribution in [1.29, 1.82) is 0 Å². The fourth-order valence-electron chi connectivity index (χ4n) is 4.09. The van der Waals surface area contributed by atoms with Gasteiger partial charge in [-0.3, -0.25) is 0 Å². The van der Waals surface area contributed by atoms with Crippen molar-refractivity contribution in [2.24, 2.45) is 18.0 Å². The van der Waals surface area contributed by atoms with Crippen LogP contribution in [0.1, 0.15) is 62.2 Å². The van der Waals surface area contributed by atoms with E-state index < -0.39 is 0 Å². The van der Waals surface area contributed by atoms with E-state index in [1.165, 1.54) is 50.5 Å². The third-order valence-corrected chi connectivity index (χ3v) is 6.23. The second-order valence-electron chi connectivity index (χ2n) is 8.49. The summed E-state index contributed by atoms with van der Waals surface area (Å²) in [5.41, 5.74) is 1.27. The minimum Gasteiger partial charge on any atom is -0.497 e. The number of nitrogens with zero attached hydrogens (tertiary/aromatic N) is 4. The molecule has 0 amide bonds. The number of guanidine groups is 1. The Hall–Kier alpha value is -2.57. The van der Waals surface area contributed by atoms with Gasteiger partial charge in [-0.2, -0.15) is 0 Å². The fraction of sp³-hybridized carbons (Fsp3) is 0.625. The van der Waals surface area contributed by atoms with E-state index in [1.54, 1.807) is 7.11 Å². The summed E-state index contributed by atoms with van der Waals surface area (Å²) < 4.78 is 7.22. The van der Waals surface area contributed by atoms with Gasteiger partial charge >= 0.3 is 0 Å². The number of hydrogen-bond donors (Lipinski definition) is 2. The smallest absolute Gasteiger partial charge is 0.191 e. The van der Waals surface area contributed by atoms with E-state index in [4.69, 9.17) is 9.73 Å². The summed E-state index contributed by atoms with van der Waals surface area (Å²) in [4.78, 5) is 4.75. The molecule has 0 unspecified atom stereocenters. The number of rotatable bonds is 11. The summed E-state index contributed by atoms with van der Waals surface area (Å²) in [7, 11) is 3.67. The second-order valence-corrected chi connectivity index (χ2v) is 8.49. The maximum atomic E-state index is 5.24. The lowest BCUT2D eigenvalue weighted by molar-refractivity contribution is 0.414. The zero-order valence-corrected chi connectivity index (χ0v) is 19.4. The molecule has 2 aromatic rings. The largest absolute Gasteiger partial charge is 0.497 e. The highest BCUT2D eigenvalue weighted by molar-refractivity contribution is 5.79. The van der Waals surface area contributed by atoms with Crippen LogP contribution >= 0.6 is 0 Å². The molecule has 0 saturated heterocycles. The number of aryl methyl sites for hydroxylation is 1. The van der Waals surface area contributed by atoms with E-state index in [-0.39, 0.29) is 0 Å². The zero-order valence-electron chi connectivity index (χ0n) is 19.4. The Morgan fingerprint density at radius 3 is 2.52 bits per heavy atom. The maximum Gasteiger partial charge on any atom is 0.191 e. The van der Waals surface area contributed by atoms with E-state index in [0.29, 0.717) is 6.54 Å². The summed E-state index contributed by atoms with van der Waals surface area (Å²) in [6, 6.07) is 8.22. The van der Waals surface area contributed by atoms with Gasteiger partial charge in [0.1, 0.15) is 18.1 Å². The predicted octanol–water partition coefficient (Wildman–Crippen LogP) is 3.77. The third-order valence-electron chi connectivity index (χ3n) is 6.23. The Morgan fingerprint density at radius 1 is 1.10 bits per heavy atom.